The third-order valence-electron chi connectivity index (χ3n) is 3.77. The number of rotatable bonds is 5. The molecule has 0 saturated heterocycles. The van der Waals surface area contributed by atoms with Crippen LogP contribution >= 0.6 is 11.8 Å². The molecule has 0 fully saturated rings. The Morgan fingerprint density at radius 3 is 2.71 bits per heavy atom. The van der Waals surface area contributed by atoms with Crippen LogP contribution in [0.1, 0.15) is 18.4 Å². The molecule has 2 aromatic rings. The molecule has 1 aliphatic heterocycles. The van der Waals surface area contributed by atoms with E-state index >= 15 is 0 Å². The second-order valence-corrected chi connectivity index (χ2v) is 6.42. The molecule has 2 nitrogen and oxygen atoms in total. The number of para-hydroxylation sites is 1. The Kier molecular flexibility index (Phi) is 4.84. The lowest BCUT2D eigenvalue weighted by Gasteiger charge is -2.29. The Bertz CT molecular complexity index is 570. The third-order valence-corrected chi connectivity index (χ3v) is 4.91. The lowest BCUT2D eigenvalue weighted by Crippen LogP contribution is -2.36. The zero-order valence-electron chi connectivity index (χ0n) is 11.9. The van der Waals surface area contributed by atoms with Gasteiger partial charge in [0.1, 0.15) is 11.9 Å². The first-order chi connectivity index (χ1) is 10.3. The highest BCUT2D eigenvalue weighted by molar-refractivity contribution is 7.99. The first kappa shape index (κ1) is 14.5. The summed E-state index contributed by atoms with van der Waals surface area (Å²) in [5.74, 6) is 1.73. The molecule has 110 valence electrons. The lowest BCUT2D eigenvalue weighted by molar-refractivity contribution is 0.0396. The highest BCUT2D eigenvalue weighted by Gasteiger charge is 2.26. The second-order valence-electron chi connectivity index (χ2n) is 5.36. The van der Waals surface area contributed by atoms with Crippen LogP contribution < -0.4 is 4.74 Å². The van der Waals surface area contributed by atoms with E-state index in [4.69, 9.17) is 4.74 Å². The van der Waals surface area contributed by atoms with Crippen molar-refractivity contribution in [2.45, 2.75) is 36.4 Å². The van der Waals surface area contributed by atoms with Gasteiger partial charge in [-0.15, -0.1) is 11.8 Å². The van der Waals surface area contributed by atoms with Crippen molar-refractivity contribution in [3.8, 4) is 5.75 Å². The van der Waals surface area contributed by atoms with Crippen molar-refractivity contribution < 1.29 is 9.84 Å². The lowest BCUT2D eigenvalue weighted by atomic mass is 10.0. The van der Waals surface area contributed by atoms with Crippen LogP contribution in [0.15, 0.2) is 59.5 Å². The number of ether oxygens (including phenoxy) is 1. The van der Waals surface area contributed by atoms with Gasteiger partial charge in [0.05, 0.1) is 6.10 Å². The Morgan fingerprint density at radius 1 is 1.10 bits per heavy atom. The van der Waals surface area contributed by atoms with Gasteiger partial charge in [0.25, 0.3) is 0 Å². The number of thioether (sulfide) groups is 1. The maximum atomic E-state index is 10.3. The number of hydrogen-bond donors (Lipinski definition) is 1. The average molecular weight is 300 g/mol. The van der Waals surface area contributed by atoms with E-state index in [9.17, 15) is 5.11 Å². The molecule has 0 aromatic heterocycles. The van der Waals surface area contributed by atoms with Crippen molar-refractivity contribution in [1.29, 1.82) is 0 Å². The Hall–Kier alpha value is -1.45. The standard InChI is InChI=1S/C18H20O2S/c19-15(10-6-9-14-7-2-1-3-8-14)17-13-21-18-12-5-4-11-16(18)20-17/h1-5,7-8,11-12,15,17,19H,6,9-10,13H2. The van der Waals surface area contributed by atoms with Gasteiger partial charge in [-0.2, -0.15) is 0 Å². The second kappa shape index (κ2) is 7.01. The molecular formula is C18H20O2S. The van der Waals surface area contributed by atoms with Crippen molar-refractivity contribution in [3.63, 3.8) is 0 Å². The summed E-state index contributed by atoms with van der Waals surface area (Å²) in [4.78, 5) is 1.17. The van der Waals surface area contributed by atoms with E-state index in [0.29, 0.717) is 0 Å². The first-order valence-electron chi connectivity index (χ1n) is 7.43. The molecule has 1 heterocycles. The number of aryl methyl sites for hydroxylation is 1. The molecule has 0 aliphatic carbocycles. The van der Waals surface area contributed by atoms with E-state index in [1.54, 1.807) is 11.8 Å². The monoisotopic (exact) mass is 300 g/mol. The fourth-order valence-electron chi connectivity index (χ4n) is 2.57. The van der Waals surface area contributed by atoms with E-state index in [-0.39, 0.29) is 6.10 Å². The Labute approximate surface area is 130 Å². The van der Waals surface area contributed by atoms with Crippen LogP contribution in [0.3, 0.4) is 0 Å². The van der Waals surface area contributed by atoms with Gasteiger partial charge in [0.15, 0.2) is 0 Å². The number of aliphatic hydroxyl groups is 1. The summed E-state index contributed by atoms with van der Waals surface area (Å²) in [5, 5.41) is 10.3. The van der Waals surface area contributed by atoms with E-state index in [1.807, 2.05) is 24.3 Å². The van der Waals surface area contributed by atoms with Crippen LogP contribution in [-0.2, 0) is 6.42 Å². The summed E-state index contributed by atoms with van der Waals surface area (Å²) >= 11 is 1.77. The van der Waals surface area contributed by atoms with Gasteiger partial charge in [-0.1, -0.05) is 42.5 Å². The van der Waals surface area contributed by atoms with Gasteiger partial charge >= 0.3 is 0 Å². The number of aliphatic hydroxyl groups excluding tert-OH is 1. The topological polar surface area (TPSA) is 29.5 Å². The van der Waals surface area contributed by atoms with Crippen molar-refractivity contribution in [1.82, 2.24) is 0 Å². The summed E-state index contributed by atoms with van der Waals surface area (Å²) in [5.41, 5.74) is 1.33. The van der Waals surface area contributed by atoms with Crippen LogP contribution in [0.25, 0.3) is 0 Å². The highest BCUT2D eigenvalue weighted by atomic mass is 32.2. The molecule has 3 rings (SSSR count). The van der Waals surface area contributed by atoms with Crippen LogP contribution in [0, 0.1) is 0 Å². The summed E-state index contributed by atoms with van der Waals surface area (Å²) in [6, 6.07) is 18.5. The third kappa shape index (κ3) is 3.80. The van der Waals surface area contributed by atoms with E-state index in [2.05, 4.69) is 30.3 Å². The van der Waals surface area contributed by atoms with Crippen molar-refractivity contribution >= 4 is 11.8 Å². The molecule has 2 aromatic carbocycles. The largest absolute Gasteiger partial charge is 0.486 e. The molecule has 21 heavy (non-hydrogen) atoms. The molecule has 2 atom stereocenters. The van der Waals surface area contributed by atoms with Crippen LogP contribution in [-0.4, -0.2) is 23.1 Å². The zero-order chi connectivity index (χ0) is 14.5. The minimum atomic E-state index is -0.394. The summed E-state index contributed by atoms with van der Waals surface area (Å²) in [6.07, 6.45) is 2.28. The Morgan fingerprint density at radius 2 is 1.86 bits per heavy atom. The molecule has 0 spiro atoms. The summed E-state index contributed by atoms with van der Waals surface area (Å²) in [6.45, 7) is 0. The van der Waals surface area contributed by atoms with Crippen molar-refractivity contribution in [2.24, 2.45) is 0 Å². The first-order valence-corrected chi connectivity index (χ1v) is 8.42. The van der Waals surface area contributed by atoms with Crippen molar-refractivity contribution in [2.75, 3.05) is 5.75 Å². The van der Waals surface area contributed by atoms with Crippen LogP contribution in [0.2, 0.25) is 0 Å². The number of fused-ring (bicyclic) bond motifs is 1. The predicted octanol–water partition coefficient (Wildman–Crippen LogP) is 3.92. The van der Waals surface area contributed by atoms with Gasteiger partial charge in [0.2, 0.25) is 0 Å². The SMILES string of the molecule is OC(CCCc1ccccc1)C1CSc2ccccc2O1. The fraction of sp³-hybridized carbons (Fsp3) is 0.333. The molecular weight excluding hydrogens is 280 g/mol. The van der Waals surface area contributed by atoms with Gasteiger partial charge in [-0.05, 0) is 37.0 Å². The molecule has 3 heteroatoms. The Balaban J connectivity index is 1.49. The van der Waals surface area contributed by atoms with Crippen LogP contribution in [0.4, 0.5) is 0 Å². The van der Waals surface area contributed by atoms with Gasteiger partial charge in [0, 0.05) is 10.6 Å². The molecule has 1 aliphatic rings. The number of hydrogen-bond acceptors (Lipinski definition) is 3. The predicted molar refractivity (Wildman–Crippen MR) is 87.0 cm³/mol. The van der Waals surface area contributed by atoms with E-state index in [0.717, 1.165) is 30.8 Å². The fourth-order valence-corrected chi connectivity index (χ4v) is 3.64. The van der Waals surface area contributed by atoms with Crippen molar-refractivity contribution in [3.05, 3.63) is 60.2 Å². The number of benzene rings is 2. The molecule has 0 radical (unpaired) electrons. The quantitative estimate of drug-likeness (QED) is 0.907. The summed E-state index contributed by atoms with van der Waals surface area (Å²) < 4.78 is 5.93. The molecule has 0 amide bonds. The summed E-state index contributed by atoms with van der Waals surface area (Å²) in [7, 11) is 0. The molecule has 0 saturated carbocycles. The zero-order valence-corrected chi connectivity index (χ0v) is 12.8. The van der Waals surface area contributed by atoms with E-state index < -0.39 is 6.10 Å². The molecule has 2 unspecified atom stereocenters. The normalized spacial score (nSPS) is 18.6. The van der Waals surface area contributed by atoms with E-state index in [1.165, 1.54) is 10.5 Å². The van der Waals surface area contributed by atoms with Gasteiger partial charge in [-0.3, -0.25) is 0 Å². The van der Waals surface area contributed by atoms with Crippen LogP contribution in [0.5, 0.6) is 5.75 Å². The maximum absolute atomic E-state index is 10.3. The molecule has 1 N–H and O–H groups in total. The minimum Gasteiger partial charge on any atom is -0.486 e. The molecule has 0 bridgehead atoms. The highest BCUT2D eigenvalue weighted by Crippen LogP contribution is 2.36. The van der Waals surface area contributed by atoms with Gasteiger partial charge < -0.3 is 9.84 Å². The minimum absolute atomic E-state index is 0.0966. The maximum Gasteiger partial charge on any atom is 0.134 e. The van der Waals surface area contributed by atoms with Gasteiger partial charge in [-0.25, -0.2) is 0 Å². The smallest absolute Gasteiger partial charge is 0.134 e. The average Bonchev–Trinajstić information content (AvgIpc) is 2.55.